The van der Waals surface area contributed by atoms with Gasteiger partial charge in [-0.3, -0.25) is 9.69 Å². The number of alkyl halides is 3. The number of rotatable bonds is 12. The summed E-state index contributed by atoms with van der Waals surface area (Å²) in [6, 6.07) is 31.1. The zero-order valence-electron chi connectivity index (χ0n) is 23.5. The average molecular weight is 596 g/mol. The minimum Gasteiger partial charge on any atom is -0.494 e. The van der Waals surface area contributed by atoms with Gasteiger partial charge in [-0.2, -0.15) is 13.2 Å². The van der Waals surface area contributed by atoms with Crippen molar-refractivity contribution in [2.75, 3.05) is 20.3 Å². The number of benzene rings is 4. The number of carbonyl (C=O) groups excluding carboxylic acids is 1. The predicted molar refractivity (Wildman–Crippen MR) is 158 cm³/mol. The van der Waals surface area contributed by atoms with Gasteiger partial charge in [-0.05, 0) is 53.8 Å². The quantitative estimate of drug-likeness (QED) is 0.122. The van der Waals surface area contributed by atoms with Gasteiger partial charge in [0.1, 0.15) is 5.75 Å². The van der Waals surface area contributed by atoms with Crippen LogP contribution < -0.4 is 4.74 Å². The number of hydrogen-bond acceptors (Lipinski definition) is 4. The highest BCUT2D eigenvalue weighted by Crippen LogP contribution is 2.40. The van der Waals surface area contributed by atoms with Crippen molar-refractivity contribution in [2.24, 2.45) is 0 Å². The molecule has 0 bridgehead atoms. The third kappa shape index (κ3) is 7.52. The molecule has 0 saturated carbocycles. The van der Waals surface area contributed by atoms with Crippen molar-refractivity contribution >= 4 is 17.6 Å². The molecule has 0 aromatic heterocycles. The molecule has 0 atom stereocenters. The van der Waals surface area contributed by atoms with Gasteiger partial charge >= 0.3 is 12.1 Å². The Morgan fingerprint density at radius 1 is 0.857 bits per heavy atom. The van der Waals surface area contributed by atoms with Crippen LogP contribution in [0.4, 0.5) is 13.2 Å². The Morgan fingerprint density at radius 3 is 2.07 bits per heavy atom. The molecule has 0 heterocycles. The molecule has 0 aliphatic rings. The van der Waals surface area contributed by atoms with Gasteiger partial charge in [0.05, 0.1) is 36.3 Å². The van der Waals surface area contributed by atoms with Crippen LogP contribution >= 0.6 is 11.6 Å². The van der Waals surface area contributed by atoms with Gasteiger partial charge in [0.25, 0.3) is 0 Å². The minimum absolute atomic E-state index is 0.145. The molecule has 4 nitrogen and oxygen atoms in total. The zero-order valence-corrected chi connectivity index (χ0v) is 24.3. The zero-order chi connectivity index (χ0) is 30.2. The van der Waals surface area contributed by atoms with Gasteiger partial charge in [0.2, 0.25) is 0 Å². The standard InChI is InChI=1S/C34H33ClF3NO3/c1-33(27-14-5-3-6-15-27,28-16-7-4-8-17-28)39(24-26-13-10-19-30(32(26)35)34(36,37)38)20-11-21-42-29-18-9-12-25(22-29)23-31(40)41-2/h3-10,12-19,22H,11,20-21,23-24H2,1-2H3. The maximum atomic E-state index is 13.7. The number of ether oxygens (including phenoxy) is 2. The fourth-order valence-electron chi connectivity index (χ4n) is 5.07. The van der Waals surface area contributed by atoms with Crippen molar-refractivity contribution in [3.8, 4) is 5.75 Å². The smallest absolute Gasteiger partial charge is 0.417 e. The van der Waals surface area contributed by atoms with Crippen molar-refractivity contribution in [1.29, 1.82) is 0 Å². The summed E-state index contributed by atoms with van der Waals surface area (Å²) in [6.07, 6.45) is -3.84. The Hall–Kier alpha value is -3.81. The highest BCUT2D eigenvalue weighted by atomic mass is 35.5. The van der Waals surface area contributed by atoms with Crippen molar-refractivity contribution in [3.63, 3.8) is 0 Å². The van der Waals surface area contributed by atoms with E-state index in [2.05, 4.69) is 11.8 Å². The summed E-state index contributed by atoms with van der Waals surface area (Å²) >= 11 is 6.38. The van der Waals surface area contributed by atoms with Gasteiger partial charge in [-0.15, -0.1) is 0 Å². The van der Waals surface area contributed by atoms with E-state index in [1.807, 2.05) is 78.9 Å². The predicted octanol–water partition coefficient (Wildman–Crippen LogP) is 8.31. The second-order valence-corrected chi connectivity index (χ2v) is 10.5. The first-order valence-corrected chi connectivity index (χ1v) is 14.0. The van der Waals surface area contributed by atoms with Gasteiger partial charge in [0.15, 0.2) is 0 Å². The SMILES string of the molecule is COC(=O)Cc1cccc(OCCCN(Cc2cccc(C(F)(F)F)c2Cl)C(C)(c2ccccc2)c2ccccc2)c1. The van der Waals surface area contributed by atoms with E-state index in [-0.39, 0.29) is 24.0 Å². The molecule has 0 amide bonds. The molecule has 8 heteroatoms. The van der Waals surface area contributed by atoms with E-state index in [1.54, 1.807) is 12.1 Å². The lowest BCUT2D eigenvalue weighted by Gasteiger charge is -2.43. The van der Waals surface area contributed by atoms with E-state index in [1.165, 1.54) is 13.2 Å². The van der Waals surface area contributed by atoms with E-state index < -0.39 is 17.3 Å². The molecular weight excluding hydrogens is 563 g/mol. The fraction of sp³-hybridized carbons (Fsp3) is 0.265. The first-order chi connectivity index (χ1) is 20.1. The van der Waals surface area contributed by atoms with Crippen LogP contribution in [0, 0.1) is 0 Å². The summed E-state index contributed by atoms with van der Waals surface area (Å²) < 4.78 is 51.9. The van der Waals surface area contributed by atoms with Crippen LogP contribution in [0.1, 0.15) is 41.2 Å². The summed E-state index contributed by atoms with van der Waals surface area (Å²) in [6.45, 7) is 3.11. The van der Waals surface area contributed by atoms with Crippen molar-refractivity contribution in [3.05, 3.63) is 136 Å². The van der Waals surface area contributed by atoms with Crippen LogP contribution in [-0.4, -0.2) is 31.1 Å². The Bertz CT molecular complexity index is 1420. The minimum atomic E-state index is -4.56. The van der Waals surface area contributed by atoms with E-state index in [4.69, 9.17) is 21.1 Å². The maximum Gasteiger partial charge on any atom is 0.417 e. The third-order valence-corrected chi connectivity index (χ3v) is 7.81. The third-order valence-electron chi connectivity index (χ3n) is 7.37. The molecule has 0 aliphatic carbocycles. The normalized spacial score (nSPS) is 11.9. The number of nitrogens with zero attached hydrogens (tertiary/aromatic N) is 1. The lowest BCUT2D eigenvalue weighted by molar-refractivity contribution is -0.140. The summed E-state index contributed by atoms with van der Waals surface area (Å²) in [4.78, 5) is 13.8. The average Bonchev–Trinajstić information content (AvgIpc) is 2.99. The fourth-order valence-corrected chi connectivity index (χ4v) is 5.37. The molecule has 220 valence electrons. The largest absolute Gasteiger partial charge is 0.494 e. The number of methoxy groups -OCH3 is 1. The molecule has 0 N–H and O–H groups in total. The van der Waals surface area contributed by atoms with Gasteiger partial charge < -0.3 is 9.47 Å². The van der Waals surface area contributed by atoms with Crippen molar-refractivity contribution in [2.45, 2.75) is 38.0 Å². The van der Waals surface area contributed by atoms with E-state index in [9.17, 15) is 18.0 Å². The van der Waals surface area contributed by atoms with Crippen LogP contribution in [0.5, 0.6) is 5.75 Å². The van der Waals surface area contributed by atoms with Crippen LogP contribution in [-0.2, 0) is 34.2 Å². The molecule has 42 heavy (non-hydrogen) atoms. The summed E-state index contributed by atoms with van der Waals surface area (Å²) in [5.41, 5.74) is 1.62. The topological polar surface area (TPSA) is 38.8 Å². The van der Waals surface area contributed by atoms with Crippen LogP contribution in [0.15, 0.2) is 103 Å². The Balaban J connectivity index is 1.64. The summed E-state index contributed by atoms with van der Waals surface area (Å²) in [7, 11) is 1.35. The van der Waals surface area contributed by atoms with E-state index in [0.717, 1.165) is 22.8 Å². The number of carbonyl (C=O) groups is 1. The highest BCUT2D eigenvalue weighted by Gasteiger charge is 2.37. The van der Waals surface area contributed by atoms with Crippen LogP contribution in [0.2, 0.25) is 5.02 Å². The molecule has 4 rings (SSSR count). The number of hydrogen-bond donors (Lipinski definition) is 0. The lowest BCUT2D eigenvalue weighted by Crippen LogP contribution is -2.45. The molecule has 0 aliphatic heterocycles. The van der Waals surface area contributed by atoms with Crippen molar-refractivity contribution in [1.82, 2.24) is 4.90 Å². The van der Waals surface area contributed by atoms with Crippen molar-refractivity contribution < 1.29 is 27.4 Å². The molecule has 0 unspecified atom stereocenters. The molecular formula is C34H33ClF3NO3. The maximum absolute atomic E-state index is 13.7. The first kappa shape index (κ1) is 31.1. The Labute approximate surface area is 249 Å². The van der Waals surface area contributed by atoms with E-state index >= 15 is 0 Å². The van der Waals surface area contributed by atoms with Gasteiger partial charge in [0, 0.05) is 13.1 Å². The molecule has 0 saturated heterocycles. The number of halogens is 4. The Kier molecular flexibility index (Phi) is 10.3. The van der Waals surface area contributed by atoms with Crippen LogP contribution in [0.3, 0.4) is 0 Å². The molecule has 0 radical (unpaired) electrons. The molecule has 0 fully saturated rings. The second-order valence-electron chi connectivity index (χ2n) is 10.1. The molecule has 0 spiro atoms. The lowest BCUT2D eigenvalue weighted by atomic mass is 9.82. The second kappa shape index (κ2) is 13.9. The molecule has 4 aromatic rings. The van der Waals surface area contributed by atoms with Gasteiger partial charge in [-0.1, -0.05) is 96.5 Å². The summed E-state index contributed by atoms with van der Waals surface area (Å²) in [5.74, 6) is 0.287. The van der Waals surface area contributed by atoms with Gasteiger partial charge in [-0.25, -0.2) is 0 Å². The van der Waals surface area contributed by atoms with Crippen LogP contribution in [0.25, 0.3) is 0 Å². The van der Waals surface area contributed by atoms with E-state index in [0.29, 0.717) is 30.9 Å². The number of esters is 1. The Morgan fingerprint density at radius 2 is 1.48 bits per heavy atom. The monoisotopic (exact) mass is 595 g/mol. The molecule has 4 aromatic carbocycles. The summed E-state index contributed by atoms with van der Waals surface area (Å²) in [5, 5.41) is -0.294. The highest BCUT2D eigenvalue weighted by molar-refractivity contribution is 6.32. The first-order valence-electron chi connectivity index (χ1n) is 13.6.